The predicted molar refractivity (Wildman–Crippen MR) is 85.0 cm³/mol. The van der Waals surface area contributed by atoms with Crippen molar-refractivity contribution >= 4 is 17.7 Å². The number of rotatable bonds is 5. The Balaban J connectivity index is 1.98. The number of amides is 2. The third-order valence-electron chi connectivity index (χ3n) is 3.58. The van der Waals surface area contributed by atoms with E-state index in [1.807, 2.05) is 0 Å². The maximum absolute atomic E-state index is 11.8. The Labute approximate surface area is 143 Å². The molecule has 0 spiro atoms. The first kappa shape index (κ1) is 19.1. The molecule has 1 aromatic rings. The average Bonchev–Trinajstić information content (AvgIpc) is 2.59. The molecule has 10 nitrogen and oxygen atoms in total. The molecule has 138 valence electrons. The van der Waals surface area contributed by atoms with Gasteiger partial charge >= 0.3 is 6.09 Å². The molecule has 0 unspecified atom stereocenters. The molecule has 10 heteroatoms. The lowest BCUT2D eigenvalue weighted by Crippen LogP contribution is -2.67. The van der Waals surface area contributed by atoms with E-state index in [-0.39, 0.29) is 0 Å². The van der Waals surface area contributed by atoms with Gasteiger partial charge in [0.05, 0.1) is 12.6 Å². The van der Waals surface area contributed by atoms with Crippen LogP contribution in [-0.4, -0.2) is 64.5 Å². The molecule has 1 aliphatic heterocycles. The van der Waals surface area contributed by atoms with E-state index >= 15 is 0 Å². The summed E-state index contributed by atoms with van der Waals surface area (Å²) in [5, 5.41) is 34.0. The van der Waals surface area contributed by atoms with Crippen LogP contribution < -0.4 is 16.1 Å². The van der Waals surface area contributed by atoms with Crippen LogP contribution in [0.4, 0.5) is 10.5 Å². The summed E-state index contributed by atoms with van der Waals surface area (Å²) in [4.78, 5) is 27.9. The highest BCUT2D eigenvalue weighted by molar-refractivity contribution is 5.84. The van der Waals surface area contributed by atoms with Gasteiger partial charge in [0, 0.05) is 12.6 Å². The Morgan fingerprint density at radius 2 is 1.88 bits per heavy atom. The average molecular weight is 355 g/mol. The molecule has 0 aromatic heterocycles. The Morgan fingerprint density at radius 1 is 1.20 bits per heavy atom. The van der Waals surface area contributed by atoms with Gasteiger partial charge in [-0.3, -0.25) is 10.1 Å². The second-order valence-corrected chi connectivity index (χ2v) is 5.48. The zero-order chi connectivity index (χ0) is 18.4. The van der Waals surface area contributed by atoms with E-state index in [4.69, 9.17) is 9.57 Å². The van der Waals surface area contributed by atoms with E-state index in [0.717, 1.165) is 0 Å². The number of hydrogen-bond donors (Lipinski definition) is 6. The predicted octanol–water partition coefficient (Wildman–Crippen LogP) is -1.32. The first-order valence-electron chi connectivity index (χ1n) is 7.60. The zero-order valence-electron chi connectivity index (χ0n) is 13.5. The molecule has 0 bridgehead atoms. The molecule has 1 saturated heterocycles. The van der Waals surface area contributed by atoms with Gasteiger partial charge in [-0.15, -0.1) is 5.48 Å². The number of hydrogen-bond acceptors (Lipinski definition) is 8. The van der Waals surface area contributed by atoms with Gasteiger partial charge < -0.3 is 30.2 Å². The number of aliphatic hydroxyl groups excluding tert-OH is 3. The minimum absolute atomic E-state index is 0.483. The van der Waals surface area contributed by atoms with E-state index in [1.54, 1.807) is 30.3 Å². The standard InChI is InChI=1S/C15H21N3O7/c1-8(20)16-11-13(22)12(21)10(7-19)24-14(11)18-25-15(23)17-9-5-3-2-4-6-9/h2-6,10-14,18-19,21-22H,7H2,1H3,(H,16,20)(H,17,23)/t10-,11-,12-,13-,14-/m1/s1. The van der Waals surface area contributed by atoms with Gasteiger partial charge in [-0.25, -0.2) is 4.79 Å². The molecule has 1 fully saturated rings. The second kappa shape index (κ2) is 8.74. The number of carbonyl (C=O) groups excluding carboxylic acids is 2. The van der Waals surface area contributed by atoms with Crippen molar-refractivity contribution in [2.24, 2.45) is 0 Å². The molecule has 1 aromatic carbocycles. The number of hydroxylamine groups is 1. The number of carbonyl (C=O) groups is 2. The lowest BCUT2D eigenvalue weighted by Gasteiger charge is -2.42. The van der Waals surface area contributed by atoms with Gasteiger partial charge in [-0.2, -0.15) is 0 Å². The van der Waals surface area contributed by atoms with Crippen LogP contribution in [0.15, 0.2) is 30.3 Å². The molecule has 6 N–H and O–H groups in total. The van der Waals surface area contributed by atoms with Crippen LogP contribution in [0.1, 0.15) is 6.92 Å². The Bertz CT molecular complexity index is 586. The van der Waals surface area contributed by atoms with Crippen LogP contribution in [0.5, 0.6) is 0 Å². The van der Waals surface area contributed by atoms with Gasteiger partial charge in [0.25, 0.3) is 0 Å². The number of ether oxygens (including phenoxy) is 1. The minimum Gasteiger partial charge on any atom is -0.394 e. The van der Waals surface area contributed by atoms with Crippen molar-refractivity contribution in [2.45, 2.75) is 37.5 Å². The highest BCUT2D eigenvalue weighted by Gasteiger charge is 2.45. The topological polar surface area (TPSA) is 149 Å². The fourth-order valence-corrected chi connectivity index (χ4v) is 2.39. The van der Waals surface area contributed by atoms with Crippen molar-refractivity contribution in [3.05, 3.63) is 30.3 Å². The smallest absolute Gasteiger partial charge is 0.394 e. The zero-order valence-corrected chi connectivity index (χ0v) is 13.5. The van der Waals surface area contributed by atoms with E-state index in [9.17, 15) is 24.9 Å². The quantitative estimate of drug-likeness (QED) is 0.356. The molecular formula is C15H21N3O7. The lowest BCUT2D eigenvalue weighted by atomic mass is 9.96. The van der Waals surface area contributed by atoms with Crippen molar-refractivity contribution in [1.82, 2.24) is 10.8 Å². The normalized spacial score (nSPS) is 28.9. The van der Waals surface area contributed by atoms with Gasteiger partial charge in [-0.1, -0.05) is 18.2 Å². The molecule has 2 rings (SSSR count). The molecule has 0 aliphatic carbocycles. The number of nitrogens with one attached hydrogen (secondary N) is 3. The van der Waals surface area contributed by atoms with E-state index in [2.05, 4.69) is 16.1 Å². The summed E-state index contributed by atoms with van der Waals surface area (Å²) in [6.07, 6.45) is -6.00. The van der Waals surface area contributed by atoms with Crippen LogP contribution in [0, 0.1) is 0 Å². The molecule has 1 aliphatic rings. The summed E-state index contributed by atoms with van der Waals surface area (Å²) >= 11 is 0. The van der Waals surface area contributed by atoms with Gasteiger partial charge in [0.2, 0.25) is 5.91 Å². The van der Waals surface area contributed by atoms with Crippen LogP contribution in [0.3, 0.4) is 0 Å². The van der Waals surface area contributed by atoms with Crippen molar-refractivity contribution in [3.63, 3.8) is 0 Å². The van der Waals surface area contributed by atoms with E-state index in [1.165, 1.54) is 6.92 Å². The van der Waals surface area contributed by atoms with Crippen LogP contribution in [0.25, 0.3) is 0 Å². The van der Waals surface area contributed by atoms with Crippen molar-refractivity contribution < 1.29 is 34.5 Å². The first-order chi connectivity index (χ1) is 11.9. The third-order valence-corrected chi connectivity index (χ3v) is 3.58. The Kier molecular flexibility index (Phi) is 6.67. The molecule has 0 saturated carbocycles. The van der Waals surface area contributed by atoms with E-state index in [0.29, 0.717) is 5.69 Å². The number of para-hydroxylation sites is 1. The van der Waals surface area contributed by atoms with Gasteiger partial charge in [0.15, 0.2) is 6.23 Å². The fraction of sp³-hybridized carbons (Fsp3) is 0.467. The number of aliphatic hydroxyl groups is 3. The summed E-state index contributed by atoms with van der Waals surface area (Å²) < 4.78 is 5.34. The Morgan fingerprint density at radius 3 is 2.48 bits per heavy atom. The monoisotopic (exact) mass is 355 g/mol. The van der Waals surface area contributed by atoms with Crippen molar-refractivity contribution in [1.29, 1.82) is 0 Å². The summed E-state index contributed by atoms with van der Waals surface area (Å²) in [7, 11) is 0. The molecule has 1 heterocycles. The van der Waals surface area contributed by atoms with E-state index < -0.39 is 49.2 Å². The summed E-state index contributed by atoms with van der Waals surface area (Å²) in [6.45, 7) is 0.649. The third kappa shape index (κ3) is 5.11. The first-order valence-corrected chi connectivity index (χ1v) is 7.60. The van der Waals surface area contributed by atoms with Crippen LogP contribution >= 0.6 is 0 Å². The van der Waals surface area contributed by atoms with Crippen molar-refractivity contribution in [3.8, 4) is 0 Å². The number of anilines is 1. The fourth-order valence-electron chi connectivity index (χ4n) is 2.39. The molecule has 2 amide bonds. The SMILES string of the molecule is CC(=O)N[C@@H]1[C@@H](O)[C@H](O)[C@@H](CO)O[C@H]1NOC(=O)Nc1ccccc1. The maximum atomic E-state index is 11.8. The summed E-state index contributed by atoms with van der Waals surface area (Å²) in [5.41, 5.74) is 2.78. The maximum Gasteiger partial charge on any atom is 0.430 e. The van der Waals surface area contributed by atoms with Gasteiger partial charge in [-0.05, 0) is 12.1 Å². The highest BCUT2D eigenvalue weighted by Crippen LogP contribution is 2.20. The lowest BCUT2D eigenvalue weighted by molar-refractivity contribution is -0.221. The van der Waals surface area contributed by atoms with Gasteiger partial charge in [0.1, 0.15) is 18.3 Å². The van der Waals surface area contributed by atoms with Crippen LogP contribution in [0.2, 0.25) is 0 Å². The summed E-state index contributed by atoms with van der Waals surface area (Å²) in [6, 6.07) is 7.44. The number of benzene rings is 1. The minimum atomic E-state index is -1.44. The molecule has 0 radical (unpaired) electrons. The molecule has 5 atom stereocenters. The Hall–Kier alpha value is -2.24. The summed E-state index contributed by atoms with van der Waals surface area (Å²) in [5.74, 6) is -0.483. The highest BCUT2D eigenvalue weighted by atomic mass is 16.7. The second-order valence-electron chi connectivity index (χ2n) is 5.48. The van der Waals surface area contributed by atoms with Crippen LogP contribution in [-0.2, 0) is 14.4 Å². The largest absolute Gasteiger partial charge is 0.430 e. The van der Waals surface area contributed by atoms with Crippen molar-refractivity contribution in [2.75, 3.05) is 11.9 Å². The molecular weight excluding hydrogens is 334 g/mol. The molecule has 25 heavy (non-hydrogen) atoms.